The number of carbonyl (C=O) groups is 1. The average Bonchev–Trinajstić information content (AvgIpc) is 3.39. The lowest BCUT2D eigenvalue weighted by Crippen LogP contribution is -2.20. The van der Waals surface area contributed by atoms with Crippen molar-refractivity contribution in [3.63, 3.8) is 0 Å². The van der Waals surface area contributed by atoms with Crippen LogP contribution in [-0.4, -0.2) is 29.9 Å². The molecule has 0 fully saturated rings. The number of nitrogens with one attached hydrogen (secondary N) is 1. The Morgan fingerprint density at radius 1 is 0.860 bits per heavy atom. The molecule has 43 heavy (non-hydrogen) atoms. The Bertz CT molecular complexity index is 1120. The van der Waals surface area contributed by atoms with Gasteiger partial charge in [0, 0.05) is 24.0 Å². The number of thioether (sulfide) groups is 1. The van der Waals surface area contributed by atoms with Crippen molar-refractivity contribution in [3.8, 4) is 11.5 Å². The Morgan fingerprint density at radius 2 is 1.49 bits per heavy atom. The van der Waals surface area contributed by atoms with Crippen molar-refractivity contribution in [1.82, 2.24) is 4.90 Å². The second-order valence-electron chi connectivity index (χ2n) is 12.9. The number of hydrogen-bond acceptors (Lipinski definition) is 5. The smallest absolute Gasteiger partial charge is 0.262 e. The molecule has 0 unspecified atom stereocenters. The molecule has 1 N–H and O–H groups in total. The van der Waals surface area contributed by atoms with E-state index in [1.165, 1.54) is 81.1 Å². The number of hydrogen-bond donors (Lipinski definition) is 1. The standard InChI is InChI=1S/C37H56N2O3S/c1-6-7-8-9-10-11-12-13-14-15-16-17-24-41-35-23-22-33(25-34(35)37(3,4)5)42-28-36(40)38-32-20-18-31(19-21-32)27-39-26-30(2)43-29-39/h18-23,25-26H,6-17,24,27-29H2,1-5H3,(H,38,40). The van der Waals surface area contributed by atoms with Crippen molar-refractivity contribution in [1.29, 1.82) is 0 Å². The van der Waals surface area contributed by atoms with Gasteiger partial charge < -0.3 is 19.7 Å². The Labute approximate surface area is 266 Å². The van der Waals surface area contributed by atoms with E-state index >= 15 is 0 Å². The summed E-state index contributed by atoms with van der Waals surface area (Å²) in [5.74, 6) is 2.41. The highest BCUT2D eigenvalue weighted by Gasteiger charge is 2.20. The first-order valence-electron chi connectivity index (χ1n) is 16.6. The van der Waals surface area contributed by atoms with Gasteiger partial charge >= 0.3 is 0 Å². The van der Waals surface area contributed by atoms with Crippen molar-refractivity contribution in [2.24, 2.45) is 0 Å². The fourth-order valence-corrected chi connectivity index (χ4v) is 6.08. The number of benzene rings is 2. The summed E-state index contributed by atoms with van der Waals surface area (Å²) < 4.78 is 12.1. The molecule has 0 spiro atoms. The predicted octanol–water partition coefficient (Wildman–Crippen LogP) is 10.4. The van der Waals surface area contributed by atoms with Crippen LogP contribution in [0.1, 0.15) is 123 Å². The third kappa shape index (κ3) is 13.7. The maximum absolute atomic E-state index is 12.6. The lowest BCUT2D eigenvalue weighted by Gasteiger charge is -2.24. The second-order valence-corrected chi connectivity index (χ2v) is 14.1. The van der Waals surface area contributed by atoms with Gasteiger partial charge in [0.05, 0.1) is 12.5 Å². The summed E-state index contributed by atoms with van der Waals surface area (Å²) in [6.07, 6.45) is 18.2. The number of carbonyl (C=O) groups excluding carboxylic acids is 1. The van der Waals surface area contributed by atoms with Gasteiger partial charge in [-0.2, -0.15) is 0 Å². The first-order valence-corrected chi connectivity index (χ1v) is 17.6. The molecule has 5 nitrogen and oxygen atoms in total. The van der Waals surface area contributed by atoms with E-state index in [-0.39, 0.29) is 17.9 Å². The molecule has 238 valence electrons. The maximum atomic E-state index is 12.6. The number of nitrogens with zero attached hydrogens (tertiary/aromatic N) is 1. The molecular weight excluding hydrogens is 552 g/mol. The SMILES string of the molecule is CCCCCCCCCCCCCCOc1ccc(OCC(=O)Nc2ccc(CN3C=C(C)SC3)cc2)cc1C(C)(C)C. The van der Waals surface area contributed by atoms with Crippen LogP contribution in [0.3, 0.4) is 0 Å². The van der Waals surface area contributed by atoms with E-state index in [0.29, 0.717) is 5.75 Å². The normalized spacial score (nSPS) is 13.2. The van der Waals surface area contributed by atoms with Crippen LogP contribution >= 0.6 is 11.8 Å². The third-order valence-electron chi connectivity index (χ3n) is 7.83. The largest absolute Gasteiger partial charge is 0.493 e. The zero-order chi connectivity index (χ0) is 30.9. The van der Waals surface area contributed by atoms with Crippen molar-refractivity contribution in [3.05, 3.63) is 64.7 Å². The molecule has 0 bridgehead atoms. The minimum Gasteiger partial charge on any atom is -0.493 e. The van der Waals surface area contributed by atoms with Crippen molar-refractivity contribution >= 4 is 23.4 Å². The zero-order valence-corrected chi connectivity index (χ0v) is 28.3. The highest BCUT2D eigenvalue weighted by Crippen LogP contribution is 2.34. The van der Waals surface area contributed by atoms with Gasteiger partial charge in [-0.25, -0.2) is 0 Å². The zero-order valence-electron chi connectivity index (χ0n) is 27.5. The van der Waals surface area contributed by atoms with Gasteiger partial charge in [0.25, 0.3) is 5.91 Å². The monoisotopic (exact) mass is 608 g/mol. The summed E-state index contributed by atoms with van der Waals surface area (Å²) in [7, 11) is 0. The molecule has 1 amide bonds. The predicted molar refractivity (Wildman–Crippen MR) is 184 cm³/mol. The Hall–Kier alpha value is -2.60. The minimum absolute atomic E-state index is 0.0422. The molecule has 0 saturated carbocycles. The van der Waals surface area contributed by atoms with Gasteiger partial charge in [0.15, 0.2) is 6.61 Å². The maximum Gasteiger partial charge on any atom is 0.262 e. The van der Waals surface area contributed by atoms with Gasteiger partial charge in [0.1, 0.15) is 11.5 Å². The van der Waals surface area contributed by atoms with Gasteiger partial charge in [-0.15, -0.1) is 11.8 Å². The molecule has 6 heteroatoms. The quantitative estimate of drug-likeness (QED) is 0.152. The average molecular weight is 609 g/mol. The first kappa shape index (κ1) is 34.9. The van der Waals surface area contributed by atoms with Crippen LogP contribution in [0.2, 0.25) is 0 Å². The Morgan fingerprint density at radius 3 is 2.07 bits per heavy atom. The van der Waals surface area contributed by atoms with Gasteiger partial charge in [0.2, 0.25) is 0 Å². The number of ether oxygens (including phenoxy) is 2. The fraction of sp³-hybridized carbons (Fsp3) is 0.595. The van der Waals surface area contributed by atoms with E-state index in [0.717, 1.165) is 42.4 Å². The number of unbranched alkanes of at least 4 members (excludes halogenated alkanes) is 11. The molecule has 3 rings (SSSR count). The number of amides is 1. The van der Waals surface area contributed by atoms with E-state index in [2.05, 4.69) is 63.2 Å². The highest BCUT2D eigenvalue weighted by molar-refractivity contribution is 8.03. The van der Waals surface area contributed by atoms with E-state index < -0.39 is 0 Å². The summed E-state index contributed by atoms with van der Waals surface area (Å²) in [4.78, 5) is 16.2. The topological polar surface area (TPSA) is 50.8 Å². The van der Waals surface area contributed by atoms with Crippen LogP contribution in [0.15, 0.2) is 53.6 Å². The molecule has 1 aliphatic rings. The highest BCUT2D eigenvalue weighted by atomic mass is 32.2. The Balaban J connectivity index is 1.35. The second kappa shape index (κ2) is 18.9. The molecule has 1 heterocycles. The molecule has 0 saturated heterocycles. The van der Waals surface area contributed by atoms with Crippen LogP contribution < -0.4 is 14.8 Å². The van der Waals surface area contributed by atoms with Crippen LogP contribution in [0.25, 0.3) is 0 Å². The van der Waals surface area contributed by atoms with Crippen molar-refractivity contribution in [2.75, 3.05) is 24.4 Å². The molecular formula is C37H56N2O3S. The summed E-state index contributed by atoms with van der Waals surface area (Å²) in [5, 5.41) is 2.95. The fourth-order valence-electron chi connectivity index (χ4n) is 5.32. The van der Waals surface area contributed by atoms with Crippen LogP contribution in [-0.2, 0) is 16.8 Å². The molecule has 2 aromatic rings. The lowest BCUT2D eigenvalue weighted by molar-refractivity contribution is -0.118. The molecule has 1 aliphatic heterocycles. The van der Waals surface area contributed by atoms with Crippen molar-refractivity contribution < 1.29 is 14.3 Å². The summed E-state index contributed by atoms with van der Waals surface area (Å²) in [5.41, 5.74) is 2.99. The minimum atomic E-state index is -0.174. The van der Waals surface area contributed by atoms with Crippen LogP contribution in [0.4, 0.5) is 5.69 Å². The van der Waals surface area contributed by atoms with E-state index in [9.17, 15) is 4.79 Å². The summed E-state index contributed by atoms with van der Waals surface area (Å²) in [6, 6.07) is 13.9. The Kier molecular flexibility index (Phi) is 15.4. The third-order valence-corrected chi connectivity index (χ3v) is 8.85. The van der Waals surface area contributed by atoms with E-state index in [1.54, 1.807) is 0 Å². The molecule has 0 aliphatic carbocycles. The number of rotatable bonds is 20. The number of allylic oxidation sites excluding steroid dienone is 1. The van der Waals surface area contributed by atoms with Crippen LogP contribution in [0.5, 0.6) is 11.5 Å². The van der Waals surface area contributed by atoms with Gasteiger partial charge in [-0.1, -0.05) is 110 Å². The first-order chi connectivity index (χ1) is 20.7. The molecule has 0 aromatic heterocycles. The number of anilines is 1. The van der Waals surface area contributed by atoms with Gasteiger partial charge in [-0.05, 0) is 59.6 Å². The summed E-state index contributed by atoms with van der Waals surface area (Å²) >= 11 is 1.86. The van der Waals surface area contributed by atoms with Crippen LogP contribution in [0, 0.1) is 0 Å². The molecule has 0 radical (unpaired) electrons. The van der Waals surface area contributed by atoms with Crippen molar-refractivity contribution in [2.45, 2.75) is 124 Å². The lowest BCUT2D eigenvalue weighted by atomic mass is 9.86. The van der Waals surface area contributed by atoms with E-state index in [4.69, 9.17) is 9.47 Å². The molecule has 0 atom stereocenters. The molecule has 2 aromatic carbocycles. The summed E-state index contributed by atoms with van der Waals surface area (Å²) in [6.45, 7) is 12.5. The van der Waals surface area contributed by atoms with E-state index in [1.807, 2.05) is 42.1 Å². The van der Waals surface area contributed by atoms with Gasteiger partial charge in [-0.3, -0.25) is 4.79 Å².